The molecule has 0 aliphatic heterocycles. The maximum atomic E-state index is 12.4. The minimum Gasteiger partial charge on any atom is -0.481 e. The zero-order valence-electron chi connectivity index (χ0n) is 22.9. The summed E-state index contributed by atoms with van der Waals surface area (Å²) in [4.78, 5) is 23.0. The summed E-state index contributed by atoms with van der Waals surface area (Å²) < 4.78 is 5.77. The number of carboxylic acid groups (broad SMARTS) is 1. The van der Waals surface area contributed by atoms with E-state index in [0.29, 0.717) is 6.42 Å². The van der Waals surface area contributed by atoms with Gasteiger partial charge in [-0.3, -0.25) is 9.59 Å². The lowest BCUT2D eigenvalue weighted by Crippen LogP contribution is -2.16. The van der Waals surface area contributed by atoms with Gasteiger partial charge in [0.1, 0.15) is 6.10 Å². The highest BCUT2D eigenvalue weighted by Gasteiger charge is 2.11. The van der Waals surface area contributed by atoms with Crippen LogP contribution < -0.4 is 0 Å². The second-order valence-corrected chi connectivity index (χ2v) is 9.57. The van der Waals surface area contributed by atoms with E-state index in [2.05, 4.69) is 50.3 Å². The van der Waals surface area contributed by atoms with Crippen LogP contribution in [0.3, 0.4) is 0 Å². The molecule has 0 amide bonds. The molecule has 0 aliphatic carbocycles. The first-order valence-corrected chi connectivity index (χ1v) is 14.5. The first-order valence-electron chi connectivity index (χ1n) is 14.5. The molecule has 0 aromatic heterocycles. The topological polar surface area (TPSA) is 63.6 Å². The summed E-state index contributed by atoms with van der Waals surface area (Å²) in [5, 5.41) is 8.74. The Kier molecular flexibility index (Phi) is 25.4. The third kappa shape index (κ3) is 26.6. The number of carbonyl (C=O) groups excluding carboxylic acids is 1. The molecule has 4 nitrogen and oxygen atoms in total. The summed E-state index contributed by atoms with van der Waals surface area (Å²) in [6.07, 6.45) is 33.1. The van der Waals surface area contributed by atoms with Gasteiger partial charge in [0.2, 0.25) is 0 Å². The SMILES string of the molecule is CCC/C=C\C/C=C\CCCCCCCC(=O)OC(/C=C\CCCCC)CCCCCCC(=O)O. The fraction of sp³-hybridized carbons (Fsp3) is 0.742. The smallest absolute Gasteiger partial charge is 0.306 e. The van der Waals surface area contributed by atoms with Crippen molar-refractivity contribution < 1.29 is 19.4 Å². The van der Waals surface area contributed by atoms with Gasteiger partial charge in [-0.15, -0.1) is 0 Å². The average molecular weight is 491 g/mol. The molecule has 0 saturated heterocycles. The zero-order chi connectivity index (χ0) is 25.8. The summed E-state index contributed by atoms with van der Waals surface area (Å²) in [6, 6.07) is 0. The minimum absolute atomic E-state index is 0.0850. The molecule has 202 valence electrons. The van der Waals surface area contributed by atoms with Crippen molar-refractivity contribution in [1.82, 2.24) is 0 Å². The van der Waals surface area contributed by atoms with E-state index < -0.39 is 5.97 Å². The van der Waals surface area contributed by atoms with Crippen LogP contribution in [0.5, 0.6) is 0 Å². The average Bonchev–Trinajstić information content (AvgIpc) is 2.83. The first-order chi connectivity index (χ1) is 17.1. The largest absolute Gasteiger partial charge is 0.481 e. The van der Waals surface area contributed by atoms with Crippen molar-refractivity contribution in [2.45, 2.75) is 148 Å². The molecule has 4 heteroatoms. The van der Waals surface area contributed by atoms with Crippen LogP contribution in [0.15, 0.2) is 36.5 Å². The summed E-state index contributed by atoms with van der Waals surface area (Å²) in [6.45, 7) is 4.40. The van der Waals surface area contributed by atoms with Gasteiger partial charge < -0.3 is 9.84 Å². The summed E-state index contributed by atoms with van der Waals surface area (Å²) in [7, 11) is 0. The highest BCUT2D eigenvalue weighted by atomic mass is 16.5. The number of hydrogen-bond acceptors (Lipinski definition) is 3. The highest BCUT2D eigenvalue weighted by Crippen LogP contribution is 2.14. The number of hydrogen-bond donors (Lipinski definition) is 1. The van der Waals surface area contributed by atoms with Crippen LogP contribution in [0.1, 0.15) is 142 Å². The van der Waals surface area contributed by atoms with Crippen LogP contribution in [0.2, 0.25) is 0 Å². The Balaban J connectivity index is 4.01. The lowest BCUT2D eigenvalue weighted by atomic mass is 10.1. The Morgan fingerprint density at radius 2 is 1.26 bits per heavy atom. The van der Waals surface area contributed by atoms with Gasteiger partial charge in [0.25, 0.3) is 0 Å². The van der Waals surface area contributed by atoms with Crippen molar-refractivity contribution in [3.8, 4) is 0 Å². The molecule has 1 unspecified atom stereocenters. The standard InChI is InChI=1S/C31H54O4/c1-3-5-7-9-10-11-12-13-14-15-16-18-24-28-31(34)35-29(25-21-17-8-6-4-2)26-22-19-20-23-27-30(32)33/h7,9,11-12,21,25,29H,3-6,8,10,13-20,22-24,26-28H2,1-2H3,(H,32,33)/b9-7-,12-11-,25-21-. The quantitative estimate of drug-likeness (QED) is 0.0786. The van der Waals surface area contributed by atoms with Crippen molar-refractivity contribution in [1.29, 1.82) is 0 Å². The summed E-state index contributed by atoms with van der Waals surface area (Å²) in [5.41, 5.74) is 0. The fourth-order valence-electron chi connectivity index (χ4n) is 3.89. The molecule has 0 radical (unpaired) electrons. The van der Waals surface area contributed by atoms with Gasteiger partial charge in [-0.1, -0.05) is 95.6 Å². The minimum atomic E-state index is -0.727. The molecule has 0 rings (SSSR count). The van der Waals surface area contributed by atoms with Crippen LogP contribution in [-0.2, 0) is 14.3 Å². The van der Waals surface area contributed by atoms with Crippen LogP contribution in [-0.4, -0.2) is 23.1 Å². The molecular formula is C31H54O4. The normalized spacial score (nSPS) is 12.7. The molecule has 0 heterocycles. The van der Waals surface area contributed by atoms with Gasteiger partial charge in [0.15, 0.2) is 0 Å². The van der Waals surface area contributed by atoms with Gasteiger partial charge in [-0.25, -0.2) is 0 Å². The Hall–Kier alpha value is -1.84. The molecule has 1 N–H and O–H groups in total. The van der Waals surface area contributed by atoms with E-state index in [9.17, 15) is 9.59 Å². The molecule has 0 bridgehead atoms. The van der Waals surface area contributed by atoms with E-state index in [1.54, 1.807) is 0 Å². The molecule has 0 fully saturated rings. The zero-order valence-corrected chi connectivity index (χ0v) is 22.9. The van der Waals surface area contributed by atoms with Gasteiger partial charge in [0.05, 0.1) is 0 Å². The van der Waals surface area contributed by atoms with Gasteiger partial charge >= 0.3 is 11.9 Å². The Morgan fingerprint density at radius 1 is 0.657 bits per heavy atom. The number of unbranched alkanes of at least 4 members (excludes halogenated alkanes) is 12. The third-order valence-electron chi connectivity index (χ3n) is 6.05. The lowest BCUT2D eigenvalue weighted by molar-refractivity contribution is -0.147. The van der Waals surface area contributed by atoms with Gasteiger partial charge in [-0.2, -0.15) is 0 Å². The van der Waals surface area contributed by atoms with E-state index in [1.165, 1.54) is 51.4 Å². The van der Waals surface area contributed by atoms with Crippen molar-refractivity contribution in [3.05, 3.63) is 36.5 Å². The van der Waals surface area contributed by atoms with Crippen LogP contribution >= 0.6 is 0 Å². The van der Waals surface area contributed by atoms with Crippen molar-refractivity contribution in [2.75, 3.05) is 0 Å². The van der Waals surface area contributed by atoms with Gasteiger partial charge in [0, 0.05) is 12.8 Å². The third-order valence-corrected chi connectivity index (χ3v) is 6.05. The predicted molar refractivity (Wildman–Crippen MR) is 149 cm³/mol. The first kappa shape index (κ1) is 33.2. The molecule has 0 saturated carbocycles. The Morgan fingerprint density at radius 3 is 1.97 bits per heavy atom. The fourth-order valence-corrected chi connectivity index (χ4v) is 3.89. The molecule has 35 heavy (non-hydrogen) atoms. The molecule has 1 atom stereocenters. The maximum Gasteiger partial charge on any atom is 0.306 e. The van der Waals surface area contributed by atoms with Crippen molar-refractivity contribution in [2.24, 2.45) is 0 Å². The summed E-state index contributed by atoms with van der Waals surface area (Å²) in [5.74, 6) is -0.812. The molecule has 0 aromatic rings. The van der Waals surface area contributed by atoms with Crippen LogP contribution in [0, 0.1) is 0 Å². The van der Waals surface area contributed by atoms with Gasteiger partial charge in [-0.05, 0) is 70.3 Å². The summed E-state index contributed by atoms with van der Waals surface area (Å²) >= 11 is 0. The Labute approximate surface area is 216 Å². The number of carboxylic acids is 1. The van der Waals surface area contributed by atoms with Crippen molar-refractivity contribution >= 4 is 11.9 Å². The molecule has 0 spiro atoms. The second kappa shape index (κ2) is 26.8. The second-order valence-electron chi connectivity index (χ2n) is 9.57. The molecular weight excluding hydrogens is 436 g/mol. The number of allylic oxidation sites excluding steroid dienone is 5. The van der Waals surface area contributed by atoms with Crippen LogP contribution in [0.4, 0.5) is 0 Å². The number of ether oxygens (including phenoxy) is 1. The van der Waals surface area contributed by atoms with E-state index in [4.69, 9.17) is 9.84 Å². The molecule has 0 aromatic carbocycles. The predicted octanol–water partition coefficient (Wildman–Crippen LogP) is 9.49. The van der Waals surface area contributed by atoms with Crippen LogP contribution in [0.25, 0.3) is 0 Å². The van der Waals surface area contributed by atoms with Crippen molar-refractivity contribution in [3.63, 3.8) is 0 Å². The lowest BCUT2D eigenvalue weighted by Gasteiger charge is -2.15. The number of esters is 1. The Bertz CT molecular complexity index is 577. The highest BCUT2D eigenvalue weighted by molar-refractivity contribution is 5.69. The maximum absolute atomic E-state index is 12.4. The molecule has 0 aliphatic rings. The number of rotatable bonds is 25. The van der Waals surface area contributed by atoms with E-state index in [0.717, 1.165) is 64.2 Å². The number of aliphatic carboxylic acids is 1. The van der Waals surface area contributed by atoms with E-state index >= 15 is 0 Å². The monoisotopic (exact) mass is 490 g/mol. The van der Waals surface area contributed by atoms with E-state index in [1.807, 2.05) is 0 Å². The number of carbonyl (C=O) groups is 2. The van der Waals surface area contributed by atoms with E-state index in [-0.39, 0.29) is 18.5 Å².